The Morgan fingerprint density at radius 2 is 1.88 bits per heavy atom. The molecule has 2 N–H and O–H groups in total. The molecule has 0 aromatic heterocycles. The molecular formula is C18H30N3O3S+. The number of benzene rings is 1. The first kappa shape index (κ1) is 19.9. The van der Waals surface area contributed by atoms with Gasteiger partial charge in [0.1, 0.15) is 0 Å². The average Bonchev–Trinajstić information content (AvgIpc) is 2.59. The number of nitrogens with zero attached hydrogens (tertiary/aromatic N) is 1. The maximum atomic E-state index is 12.9. The first-order valence-corrected chi connectivity index (χ1v) is 10.4. The lowest BCUT2D eigenvalue weighted by atomic mass is 10.1. The van der Waals surface area contributed by atoms with Gasteiger partial charge >= 0.3 is 0 Å². The maximum Gasteiger partial charge on any atom is 0.251 e. The molecule has 6 nitrogen and oxygen atoms in total. The minimum atomic E-state index is -3.54. The molecule has 2 rings (SSSR count). The van der Waals surface area contributed by atoms with Crippen LogP contribution in [0.2, 0.25) is 0 Å². The van der Waals surface area contributed by atoms with E-state index in [1.807, 2.05) is 0 Å². The van der Waals surface area contributed by atoms with E-state index >= 15 is 0 Å². The van der Waals surface area contributed by atoms with Gasteiger partial charge < -0.3 is 10.2 Å². The van der Waals surface area contributed by atoms with Gasteiger partial charge in [0.2, 0.25) is 10.0 Å². The summed E-state index contributed by atoms with van der Waals surface area (Å²) < 4.78 is 27.4. The van der Waals surface area contributed by atoms with Crippen molar-refractivity contribution >= 4 is 15.9 Å². The van der Waals surface area contributed by atoms with E-state index in [0.717, 1.165) is 32.2 Å². The second kappa shape index (κ2) is 8.78. The number of hydrogen-bond acceptors (Lipinski definition) is 3. The summed E-state index contributed by atoms with van der Waals surface area (Å²) in [6.45, 7) is 4.46. The number of quaternary nitrogens is 1. The average molecular weight is 369 g/mol. The van der Waals surface area contributed by atoms with Gasteiger partial charge in [-0.25, -0.2) is 8.42 Å². The van der Waals surface area contributed by atoms with Crippen LogP contribution in [0.4, 0.5) is 0 Å². The molecule has 1 aromatic carbocycles. The van der Waals surface area contributed by atoms with E-state index in [2.05, 4.69) is 19.4 Å². The predicted octanol–water partition coefficient (Wildman–Crippen LogP) is 0.434. The lowest BCUT2D eigenvalue weighted by Gasteiger charge is -2.26. The number of piperidine rings is 1. The van der Waals surface area contributed by atoms with E-state index in [4.69, 9.17) is 0 Å². The fourth-order valence-electron chi connectivity index (χ4n) is 3.01. The van der Waals surface area contributed by atoms with Crippen molar-refractivity contribution in [1.29, 1.82) is 0 Å². The van der Waals surface area contributed by atoms with E-state index in [9.17, 15) is 13.2 Å². The Hall–Kier alpha value is -1.44. The first-order valence-electron chi connectivity index (χ1n) is 9.00. The molecule has 1 fully saturated rings. The lowest BCUT2D eigenvalue weighted by Crippen LogP contribution is -3.05. The van der Waals surface area contributed by atoms with E-state index in [1.165, 1.54) is 11.0 Å². The highest BCUT2D eigenvalue weighted by Crippen LogP contribution is 2.24. The van der Waals surface area contributed by atoms with Crippen LogP contribution in [0.15, 0.2) is 23.1 Å². The summed E-state index contributed by atoms with van der Waals surface area (Å²) in [7, 11) is 0.603. The smallest absolute Gasteiger partial charge is 0.251 e. The molecule has 0 spiro atoms. The summed E-state index contributed by atoms with van der Waals surface area (Å²) >= 11 is 0. The number of nitrogens with one attached hydrogen (secondary N) is 2. The third-order valence-electron chi connectivity index (χ3n) is 4.52. The van der Waals surface area contributed by atoms with Crippen LogP contribution in [-0.4, -0.2) is 58.9 Å². The molecular weight excluding hydrogens is 338 g/mol. The Morgan fingerprint density at radius 3 is 2.52 bits per heavy atom. The number of aryl methyl sites for hydroxylation is 1. The maximum absolute atomic E-state index is 12.9. The van der Waals surface area contributed by atoms with Crippen LogP contribution in [0.3, 0.4) is 0 Å². The Kier molecular flexibility index (Phi) is 6.98. The summed E-state index contributed by atoms with van der Waals surface area (Å²) in [4.78, 5) is 13.9. The van der Waals surface area contributed by atoms with Crippen molar-refractivity contribution in [3.05, 3.63) is 29.3 Å². The monoisotopic (exact) mass is 368 g/mol. The van der Waals surface area contributed by atoms with Crippen molar-refractivity contribution in [3.63, 3.8) is 0 Å². The minimum Gasteiger partial charge on any atom is -0.352 e. The number of sulfonamides is 1. The SMILES string of the molecule is Cc1ccc(C(=O)NCCC[NH+](C)C)cc1S(=O)(=O)N1CCCCC1. The molecule has 140 valence electrons. The zero-order chi connectivity index (χ0) is 18.4. The third kappa shape index (κ3) is 5.26. The van der Waals surface area contributed by atoms with Crippen LogP contribution in [-0.2, 0) is 10.0 Å². The van der Waals surface area contributed by atoms with Gasteiger partial charge in [-0.2, -0.15) is 4.31 Å². The summed E-state index contributed by atoms with van der Waals surface area (Å²) in [6.07, 6.45) is 3.75. The normalized spacial score (nSPS) is 16.2. The molecule has 1 aliphatic rings. The van der Waals surface area contributed by atoms with Gasteiger partial charge in [-0.3, -0.25) is 4.79 Å². The number of carbonyl (C=O) groups is 1. The highest BCUT2D eigenvalue weighted by molar-refractivity contribution is 7.89. The molecule has 7 heteroatoms. The zero-order valence-electron chi connectivity index (χ0n) is 15.5. The quantitative estimate of drug-likeness (QED) is 0.686. The van der Waals surface area contributed by atoms with Gasteiger partial charge in [0.25, 0.3) is 5.91 Å². The Balaban J connectivity index is 2.12. The summed E-state index contributed by atoms with van der Waals surface area (Å²) in [5, 5.41) is 2.87. The second-order valence-electron chi connectivity index (χ2n) is 7.01. The van der Waals surface area contributed by atoms with Crippen LogP contribution in [0.25, 0.3) is 0 Å². The predicted molar refractivity (Wildman–Crippen MR) is 98.4 cm³/mol. The molecule has 0 bridgehead atoms. The number of rotatable bonds is 7. The van der Waals surface area contributed by atoms with Gasteiger partial charge in [-0.1, -0.05) is 12.5 Å². The fourth-order valence-corrected chi connectivity index (χ4v) is 4.78. The van der Waals surface area contributed by atoms with Gasteiger partial charge in [-0.15, -0.1) is 0 Å². The van der Waals surface area contributed by atoms with Gasteiger partial charge in [0, 0.05) is 31.6 Å². The molecule has 0 radical (unpaired) electrons. The fraction of sp³-hybridized carbons (Fsp3) is 0.611. The highest BCUT2D eigenvalue weighted by atomic mass is 32.2. The Labute approximate surface area is 151 Å². The molecule has 0 unspecified atom stereocenters. The van der Waals surface area contributed by atoms with E-state index in [0.29, 0.717) is 30.8 Å². The first-order chi connectivity index (χ1) is 11.8. The molecule has 1 heterocycles. The molecule has 1 aromatic rings. The van der Waals surface area contributed by atoms with Crippen LogP contribution >= 0.6 is 0 Å². The summed E-state index contributed by atoms with van der Waals surface area (Å²) in [5.41, 5.74) is 1.08. The Bertz CT molecular complexity index is 696. The van der Waals surface area contributed by atoms with Crippen molar-refractivity contribution in [1.82, 2.24) is 9.62 Å². The van der Waals surface area contributed by atoms with E-state index in [1.54, 1.807) is 23.4 Å². The standard InChI is InChI=1S/C18H29N3O3S/c1-15-8-9-16(18(22)19-10-7-11-20(2)3)14-17(15)25(23,24)21-12-5-4-6-13-21/h8-9,14H,4-7,10-13H2,1-3H3,(H,19,22)/p+1. The van der Waals surface area contributed by atoms with E-state index < -0.39 is 10.0 Å². The van der Waals surface area contributed by atoms with Crippen molar-refractivity contribution < 1.29 is 18.1 Å². The number of hydrogen-bond donors (Lipinski definition) is 2. The number of amides is 1. The van der Waals surface area contributed by atoms with E-state index in [-0.39, 0.29) is 10.8 Å². The minimum absolute atomic E-state index is 0.219. The topological polar surface area (TPSA) is 70.9 Å². The van der Waals surface area contributed by atoms with Crippen molar-refractivity contribution in [2.75, 3.05) is 40.3 Å². The molecule has 1 amide bonds. The summed E-state index contributed by atoms with van der Waals surface area (Å²) in [6, 6.07) is 4.93. The van der Waals surface area contributed by atoms with Crippen LogP contribution < -0.4 is 10.2 Å². The lowest BCUT2D eigenvalue weighted by molar-refractivity contribution is -0.858. The Morgan fingerprint density at radius 1 is 1.20 bits per heavy atom. The van der Waals surface area contributed by atoms with Gasteiger partial charge in [-0.05, 0) is 37.5 Å². The molecule has 0 saturated carbocycles. The zero-order valence-corrected chi connectivity index (χ0v) is 16.3. The highest BCUT2D eigenvalue weighted by Gasteiger charge is 2.28. The molecule has 1 saturated heterocycles. The number of carbonyl (C=O) groups excluding carboxylic acids is 1. The van der Waals surface area contributed by atoms with Crippen LogP contribution in [0, 0.1) is 6.92 Å². The largest absolute Gasteiger partial charge is 0.352 e. The van der Waals surface area contributed by atoms with Gasteiger partial charge in [0.05, 0.1) is 25.5 Å². The molecule has 25 heavy (non-hydrogen) atoms. The summed E-state index contributed by atoms with van der Waals surface area (Å²) in [5.74, 6) is -0.219. The van der Waals surface area contributed by atoms with Crippen molar-refractivity contribution in [3.8, 4) is 0 Å². The second-order valence-corrected chi connectivity index (χ2v) is 8.92. The molecule has 0 aliphatic carbocycles. The van der Waals surface area contributed by atoms with Crippen molar-refractivity contribution in [2.24, 2.45) is 0 Å². The third-order valence-corrected chi connectivity index (χ3v) is 6.56. The van der Waals surface area contributed by atoms with Crippen LogP contribution in [0.1, 0.15) is 41.6 Å². The molecule has 1 aliphatic heterocycles. The van der Waals surface area contributed by atoms with Crippen molar-refractivity contribution in [2.45, 2.75) is 37.5 Å². The van der Waals surface area contributed by atoms with Gasteiger partial charge in [0.15, 0.2) is 0 Å². The molecule has 0 atom stereocenters. The van der Waals surface area contributed by atoms with Crippen LogP contribution in [0.5, 0.6) is 0 Å².